The summed E-state index contributed by atoms with van der Waals surface area (Å²) < 4.78 is 5.30. The second-order valence-corrected chi connectivity index (χ2v) is 7.12. The number of carbonyl (C=O) groups excluding carboxylic acids is 1. The molecule has 1 fully saturated rings. The molecule has 126 valence electrons. The Hall–Kier alpha value is -1.59. The first kappa shape index (κ1) is 16.3. The lowest BCUT2D eigenvalue weighted by atomic mass is 9.90. The van der Waals surface area contributed by atoms with Gasteiger partial charge in [0.2, 0.25) is 5.91 Å². The van der Waals surface area contributed by atoms with E-state index in [1.165, 1.54) is 5.56 Å². The zero-order chi connectivity index (χ0) is 16.4. The number of ether oxygens (including phenoxy) is 1. The monoisotopic (exact) mass is 317 g/mol. The van der Waals surface area contributed by atoms with Gasteiger partial charge in [-0.25, -0.2) is 0 Å². The standard InChI is InChI=1S/C18H27N3O2/c1-18(12-19)7-9-20(13-18)11-17(22)21-8-3-4-14-10-15(23-2)5-6-16(14)21/h5-6,10H,3-4,7-9,11-13,19H2,1-2H3. The van der Waals surface area contributed by atoms with Crippen LogP contribution < -0.4 is 15.4 Å². The number of methoxy groups -OCH3 is 1. The first-order valence-electron chi connectivity index (χ1n) is 8.44. The normalized spacial score (nSPS) is 24.6. The molecule has 3 rings (SSSR count). The van der Waals surface area contributed by atoms with Crippen molar-refractivity contribution in [1.82, 2.24) is 4.90 Å². The molecule has 2 aliphatic heterocycles. The van der Waals surface area contributed by atoms with Crippen LogP contribution in [-0.4, -0.2) is 50.6 Å². The van der Waals surface area contributed by atoms with E-state index in [0.717, 1.165) is 50.3 Å². The lowest BCUT2D eigenvalue weighted by Crippen LogP contribution is -2.43. The van der Waals surface area contributed by atoms with Gasteiger partial charge in [0.05, 0.1) is 13.7 Å². The lowest BCUT2D eigenvalue weighted by molar-refractivity contribution is -0.119. The van der Waals surface area contributed by atoms with Gasteiger partial charge in [-0.2, -0.15) is 0 Å². The molecule has 2 aliphatic rings. The van der Waals surface area contributed by atoms with Crippen molar-refractivity contribution in [3.8, 4) is 5.75 Å². The number of aryl methyl sites for hydroxylation is 1. The number of anilines is 1. The molecule has 1 aromatic rings. The Morgan fingerprint density at radius 2 is 2.22 bits per heavy atom. The van der Waals surface area contributed by atoms with Crippen molar-refractivity contribution >= 4 is 11.6 Å². The quantitative estimate of drug-likeness (QED) is 0.917. The van der Waals surface area contributed by atoms with Crippen LogP contribution in [0, 0.1) is 5.41 Å². The Bertz CT molecular complexity index is 590. The number of nitrogens with two attached hydrogens (primary N) is 1. The minimum atomic E-state index is 0.160. The number of fused-ring (bicyclic) bond motifs is 1. The summed E-state index contributed by atoms with van der Waals surface area (Å²) >= 11 is 0. The number of benzene rings is 1. The van der Waals surface area contributed by atoms with Crippen molar-refractivity contribution in [3.63, 3.8) is 0 Å². The van der Waals surface area contributed by atoms with Crippen LogP contribution in [0.2, 0.25) is 0 Å². The first-order valence-corrected chi connectivity index (χ1v) is 8.44. The number of carbonyl (C=O) groups is 1. The SMILES string of the molecule is COc1ccc2c(c1)CCCN2C(=O)CN1CCC(C)(CN)C1. The van der Waals surface area contributed by atoms with Crippen LogP contribution in [0.5, 0.6) is 5.75 Å². The molecule has 0 aliphatic carbocycles. The van der Waals surface area contributed by atoms with Gasteiger partial charge in [0, 0.05) is 18.8 Å². The van der Waals surface area contributed by atoms with Crippen molar-refractivity contribution in [1.29, 1.82) is 0 Å². The summed E-state index contributed by atoms with van der Waals surface area (Å²) in [5.41, 5.74) is 8.27. The number of hydrogen-bond donors (Lipinski definition) is 1. The van der Waals surface area contributed by atoms with Crippen LogP contribution in [0.1, 0.15) is 25.3 Å². The molecule has 5 nitrogen and oxygen atoms in total. The molecule has 1 saturated heterocycles. The molecule has 0 aromatic heterocycles. The maximum absolute atomic E-state index is 12.8. The number of amides is 1. The molecule has 23 heavy (non-hydrogen) atoms. The van der Waals surface area contributed by atoms with E-state index in [2.05, 4.69) is 17.9 Å². The zero-order valence-electron chi connectivity index (χ0n) is 14.2. The Balaban J connectivity index is 1.70. The molecule has 1 amide bonds. The smallest absolute Gasteiger partial charge is 0.241 e. The van der Waals surface area contributed by atoms with E-state index >= 15 is 0 Å². The maximum Gasteiger partial charge on any atom is 0.241 e. The van der Waals surface area contributed by atoms with Crippen molar-refractivity contribution in [2.75, 3.05) is 44.7 Å². The minimum Gasteiger partial charge on any atom is -0.497 e. The van der Waals surface area contributed by atoms with Gasteiger partial charge in [0.25, 0.3) is 0 Å². The fraction of sp³-hybridized carbons (Fsp3) is 0.611. The van der Waals surface area contributed by atoms with Crippen molar-refractivity contribution in [3.05, 3.63) is 23.8 Å². The van der Waals surface area contributed by atoms with Crippen molar-refractivity contribution in [2.24, 2.45) is 11.1 Å². The van der Waals surface area contributed by atoms with E-state index in [4.69, 9.17) is 10.5 Å². The summed E-state index contributed by atoms with van der Waals surface area (Å²) in [6, 6.07) is 6.00. The molecule has 0 radical (unpaired) electrons. The zero-order valence-corrected chi connectivity index (χ0v) is 14.2. The second kappa shape index (κ2) is 6.49. The predicted octanol–water partition coefficient (Wildman–Crippen LogP) is 1.65. The van der Waals surface area contributed by atoms with E-state index in [1.807, 2.05) is 17.0 Å². The molecule has 1 atom stereocenters. The molecular formula is C18H27N3O2. The Morgan fingerprint density at radius 3 is 2.91 bits per heavy atom. The van der Waals surface area contributed by atoms with Gasteiger partial charge in [-0.05, 0) is 61.5 Å². The van der Waals surface area contributed by atoms with Gasteiger partial charge >= 0.3 is 0 Å². The molecule has 2 heterocycles. The van der Waals surface area contributed by atoms with Gasteiger partial charge in [-0.3, -0.25) is 9.69 Å². The summed E-state index contributed by atoms with van der Waals surface area (Å²) in [4.78, 5) is 17.0. The van der Waals surface area contributed by atoms with Crippen LogP contribution in [0.25, 0.3) is 0 Å². The second-order valence-electron chi connectivity index (χ2n) is 7.12. The Labute approximate surface area is 138 Å². The highest BCUT2D eigenvalue weighted by atomic mass is 16.5. The molecule has 0 saturated carbocycles. The van der Waals surface area contributed by atoms with Gasteiger partial charge in [0.15, 0.2) is 0 Å². The fourth-order valence-electron chi connectivity index (χ4n) is 3.66. The minimum absolute atomic E-state index is 0.160. The molecular weight excluding hydrogens is 290 g/mol. The molecule has 1 aromatic carbocycles. The van der Waals surface area contributed by atoms with Crippen LogP contribution >= 0.6 is 0 Å². The summed E-state index contributed by atoms with van der Waals surface area (Å²) in [7, 11) is 1.68. The number of nitrogens with zero attached hydrogens (tertiary/aromatic N) is 2. The highest BCUT2D eigenvalue weighted by molar-refractivity contribution is 5.96. The van der Waals surface area contributed by atoms with Crippen molar-refractivity contribution in [2.45, 2.75) is 26.2 Å². The molecule has 0 spiro atoms. The predicted molar refractivity (Wildman–Crippen MR) is 91.9 cm³/mol. The highest BCUT2D eigenvalue weighted by Gasteiger charge is 2.34. The molecule has 5 heteroatoms. The summed E-state index contributed by atoms with van der Waals surface area (Å²) in [5, 5.41) is 0. The third-order valence-corrected chi connectivity index (χ3v) is 5.19. The maximum atomic E-state index is 12.8. The van der Waals surface area contributed by atoms with E-state index in [0.29, 0.717) is 13.1 Å². The van der Waals surface area contributed by atoms with Crippen LogP contribution in [0.15, 0.2) is 18.2 Å². The topological polar surface area (TPSA) is 58.8 Å². The third-order valence-electron chi connectivity index (χ3n) is 5.19. The first-order chi connectivity index (χ1) is 11.0. The summed E-state index contributed by atoms with van der Waals surface area (Å²) in [6.45, 7) is 6.06. The number of hydrogen-bond acceptors (Lipinski definition) is 4. The number of rotatable bonds is 4. The highest BCUT2D eigenvalue weighted by Crippen LogP contribution is 2.32. The van der Waals surface area contributed by atoms with Gasteiger partial charge in [-0.1, -0.05) is 6.92 Å². The summed E-state index contributed by atoms with van der Waals surface area (Å²) in [6.07, 6.45) is 3.09. The van der Waals surface area contributed by atoms with E-state index in [9.17, 15) is 4.79 Å². The Kier molecular flexibility index (Phi) is 4.60. The van der Waals surface area contributed by atoms with E-state index in [-0.39, 0.29) is 11.3 Å². The largest absolute Gasteiger partial charge is 0.497 e. The average Bonchev–Trinajstić information content (AvgIpc) is 2.95. The average molecular weight is 317 g/mol. The van der Waals surface area contributed by atoms with E-state index < -0.39 is 0 Å². The third kappa shape index (κ3) is 3.35. The van der Waals surface area contributed by atoms with Crippen LogP contribution in [0.3, 0.4) is 0 Å². The van der Waals surface area contributed by atoms with E-state index in [1.54, 1.807) is 7.11 Å². The molecule has 0 bridgehead atoms. The fourth-order valence-corrected chi connectivity index (χ4v) is 3.66. The van der Waals surface area contributed by atoms with Crippen LogP contribution in [-0.2, 0) is 11.2 Å². The van der Waals surface area contributed by atoms with Gasteiger partial charge < -0.3 is 15.4 Å². The van der Waals surface area contributed by atoms with Gasteiger partial charge in [-0.15, -0.1) is 0 Å². The Morgan fingerprint density at radius 1 is 1.39 bits per heavy atom. The number of likely N-dealkylation sites (tertiary alicyclic amines) is 1. The molecule has 1 unspecified atom stereocenters. The van der Waals surface area contributed by atoms with Crippen LogP contribution in [0.4, 0.5) is 5.69 Å². The molecule has 2 N–H and O–H groups in total. The van der Waals surface area contributed by atoms with Crippen molar-refractivity contribution < 1.29 is 9.53 Å². The van der Waals surface area contributed by atoms with Gasteiger partial charge in [0.1, 0.15) is 5.75 Å². The summed E-state index contributed by atoms with van der Waals surface area (Å²) in [5.74, 6) is 1.05. The lowest BCUT2D eigenvalue weighted by Gasteiger charge is -2.31.